The molecule has 0 aliphatic heterocycles. The topological polar surface area (TPSA) is 8.29 Å². The highest BCUT2D eigenvalue weighted by atomic mass is 19.1. The molecule has 3 aromatic carbocycles. The lowest BCUT2D eigenvalue weighted by Gasteiger charge is -2.25. The monoisotopic (exact) mass is 409 g/mol. The number of halogens is 1. The molecule has 3 aromatic heterocycles. The first-order valence-electron chi connectivity index (χ1n) is 10.9. The summed E-state index contributed by atoms with van der Waals surface area (Å²) < 4.78 is 20.1. The van der Waals surface area contributed by atoms with E-state index < -0.39 is 0 Å². The average Bonchev–Trinajstić information content (AvgIpc) is 3.07. The van der Waals surface area contributed by atoms with E-state index in [9.17, 15) is 0 Å². The highest BCUT2D eigenvalue weighted by Gasteiger charge is 2.29. The van der Waals surface area contributed by atoms with Crippen molar-refractivity contribution in [2.75, 3.05) is 0 Å². The lowest BCUT2D eigenvalue weighted by Crippen LogP contribution is -2.29. The van der Waals surface area contributed by atoms with Crippen LogP contribution < -0.4 is 4.57 Å². The van der Waals surface area contributed by atoms with E-state index >= 15 is 4.39 Å². The molecule has 0 atom stereocenters. The number of aromatic nitrogens is 2. The van der Waals surface area contributed by atoms with E-state index in [0.29, 0.717) is 0 Å². The van der Waals surface area contributed by atoms with Crippen molar-refractivity contribution < 1.29 is 8.96 Å². The van der Waals surface area contributed by atoms with Gasteiger partial charge in [0.05, 0.1) is 27.3 Å². The molecule has 0 radical (unpaired) electrons. The van der Waals surface area contributed by atoms with Gasteiger partial charge in [-0.05, 0) is 53.5 Å². The molecule has 0 spiro atoms. The molecule has 0 N–H and O–H groups in total. The zero-order valence-corrected chi connectivity index (χ0v) is 18.9. The number of fused-ring (bicyclic) bond motifs is 6. The lowest BCUT2D eigenvalue weighted by molar-refractivity contribution is -0.643. The number of hydrogen-bond donors (Lipinski definition) is 0. The van der Waals surface area contributed by atoms with Gasteiger partial charge < -0.3 is 4.40 Å². The summed E-state index contributed by atoms with van der Waals surface area (Å²) in [6.07, 6.45) is 2.06. The predicted octanol–water partition coefficient (Wildman–Crippen LogP) is 6.87. The van der Waals surface area contributed by atoms with Gasteiger partial charge in [-0.2, -0.15) is 0 Å². The second-order valence-electron chi connectivity index (χ2n) is 10.0. The van der Waals surface area contributed by atoms with Gasteiger partial charge in [0.15, 0.2) is 6.20 Å². The van der Waals surface area contributed by atoms with Crippen LogP contribution in [-0.4, -0.2) is 4.40 Å². The normalized spacial score (nSPS) is 13.0. The lowest BCUT2D eigenvalue weighted by atomic mass is 9.82. The fraction of sp³-hybridized carbons (Fsp3) is 0.250. The summed E-state index contributed by atoms with van der Waals surface area (Å²) in [5.41, 5.74) is 8.24. The maximum atomic E-state index is 15.5. The first-order valence-corrected chi connectivity index (χ1v) is 10.9. The summed E-state index contributed by atoms with van der Waals surface area (Å²) in [6, 6.07) is 14.3. The van der Waals surface area contributed by atoms with E-state index in [4.69, 9.17) is 0 Å². The fourth-order valence-electron chi connectivity index (χ4n) is 5.49. The van der Waals surface area contributed by atoms with Gasteiger partial charge in [-0.1, -0.05) is 45.0 Å². The zero-order chi connectivity index (χ0) is 21.8. The Kier molecular flexibility index (Phi) is 3.43. The first-order chi connectivity index (χ1) is 14.7. The summed E-state index contributed by atoms with van der Waals surface area (Å²) in [5.74, 6) is -0.151. The smallest absolute Gasteiger partial charge is 0.224 e. The van der Waals surface area contributed by atoms with E-state index in [-0.39, 0.29) is 11.2 Å². The van der Waals surface area contributed by atoms with Crippen LogP contribution in [0.4, 0.5) is 4.39 Å². The van der Waals surface area contributed by atoms with E-state index in [0.717, 1.165) is 32.6 Å². The molecule has 3 heteroatoms. The Labute approximate surface area is 180 Å². The van der Waals surface area contributed by atoms with Gasteiger partial charge in [-0.15, -0.1) is 0 Å². The standard InChI is InChI=1S/C28H26FN2/c1-15-13-19(28(3,4)5)25-22(16(15)2)26-23-17(11-12-30(26)6)14-20(29)24-18-9-7-8-10-21(18)31(25)27(23)24/h7-14H,1-6H3/q+1. The summed E-state index contributed by atoms with van der Waals surface area (Å²) >= 11 is 0. The van der Waals surface area contributed by atoms with Crippen LogP contribution in [0.15, 0.2) is 48.7 Å². The van der Waals surface area contributed by atoms with E-state index in [1.807, 2.05) is 12.1 Å². The highest BCUT2D eigenvalue weighted by Crippen LogP contribution is 2.44. The SMILES string of the molecule is Cc1cc(C(C)(C)C)c2c(c1C)c1c3c(cc[n+]1C)cc(F)c1c4ccccc4n2c13. The number of nitrogens with zero attached hydrogens (tertiary/aromatic N) is 2. The Balaban J connectivity index is 2.17. The van der Waals surface area contributed by atoms with Crippen LogP contribution in [0, 0.1) is 19.7 Å². The molecule has 6 rings (SSSR count). The van der Waals surface area contributed by atoms with Crippen molar-refractivity contribution in [3.63, 3.8) is 0 Å². The quantitative estimate of drug-likeness (QED) is 0.147. The minimum Gasteiger partial charge on any atom is -0.307 e. The third-order valence-electron chi connectivity index (χ3n) is 7.08. The molecule has 0 bridgehead atoms. The van der Waals surface area contributed by atoms with E-state index in [1.165, 1.54) is 33.1 Å². The Bertz CT molecular complexity index is 1700. The summed E-state index contributed by atoms with van der Waals surface area (Å²) in [7, 11) is 2.10. The Morgan fingerprint density at radius 2 is 1.65 bits per heavy atom. The number of para-hydroxylation sites is 1. The fourth-order valence-corrected chi connectivity index (χ4v) is 5.49. The minimum absolute atomic E-state index is 0.0580. The second-order valence-corrected chi connectivity index (χ2v) is 10.0. The number of hydrogen-bond acceptors (Lipinski definition) is 0. The minimum atomic E-state index is -0.151. The maximum absolute atomic E-state index is 15.5. The number of aryl methyl sites for hydroxylation is 3. The van der Waals surface area contributed by atoms with Gasteiger partial charge in [0.25, 0.3) is 0 Å². The van der Waals surface area contributed by atoms with Gasteiger partial charge in [-0.3, -0.25) is 0 Å². The molecule has 154 valence electrons. The Morgan fingerprint density at radius 1 is 0.903 bits per heavy atom. The van der Waals surface area contributed by atoms with Crippen LogP contribution in [0.2, 0.25) is 0 Å². The molecule has 2 nitrogen and oxygen atoms in total. The molecule has 0 unspecified atom stereocenters. The third kappa shape index (κ3) is 2.19. The zero-order valence-electron chi connectivity index (χ0n) is 18.9. The van der Waals surface area contributed by atoms with Crippen molar-refractivity contribution in [2.45, 2.75) is 40.0 Å². The van der Waals surface area contributed by atoms with Crippen molar-refractivity contribution in [2.24, 2.45) is 7.05 Å². The molecule has 31 heavy (non-hydrogen) atoms. The Hall–Kier alpha value is -3.20. The largest absolute Gasteiger partial charge is 0.307 e. The molecule has 0 fully saturated rings. The van der Waals surface area contributed by atoms with Crippen molar-refractivity contribution in [1.29, 1.82) is 0 Å². The second kappa shape index (κ2) is 5.73. The van der Waals surface area contributed by atoms with Crippen LogP contribution >= 0.6 is 0 Å². The van der Waals surface area contributed by atoms with Crippen LogP contribution in [0.1, 0.15) is 37.5 Å². The van der Waals surface area contributed by atoms with Crippen LogP contribution in [0.5, 0.6) is 0 Å². The average molecular weight is 410 g/mol. The molecular weight excluding hydrogens is 383 g/mol. The number of rotatable bonds is 0. The van der Waals surface area contributed by atoms with Gasteiger partial charge in [-0.25, -0.2) is 8.96 Å². The predicted molar refractivity (Wildman–Crippen MR) is 128 cm³/mol. The molecule has 0 aliphatic rings. The molecule has 6 aromatic rings. The summed E-state index contributed by atoms with van der Waals surface area (Å²) in [6.45, 7) is 11.2. The number of benzene rings is 3. The van der Waals surface area contributed by atoms with Crippen LogP contribution in [0.25, 0.3) is 49.0 Å². The summed E-state index contributed by atoms with van der Waals surface area (Å²) in [5, 5.41) is 5.05. The van der Waals surface area contributed by atoms with Crippen molar-refractivity contribution in [3.05, 3.63) is 71.2 Å². The first kappa shape index (κ1) is 18.6. The highest BCUT2D eigenvalue weighted by molar-refractivity contribution is 6.27. The molecule has 0 saturated heterocycles. The molecular formula is C28H26FN2+. The van der Waals surface area contributed by atoms with Crippen LogP contribution in [0.3, 0.4) is 0 Å². The molecule has 0 aliphatic carbocycles. The van der Waals surface area contributed by atoms with Crippen molar-refractivity contribution in [1.82, 2.24) is 4.40 Å². The molecule has 0 amide bonds. The summed E-state index contributed by atoms with van der Waals surface area (Å²) in [4.78, 5) is 0. The van der Waals surface area contributed by atoms with Crippen molar-refractivity contribution in [3.8, 4) is 0 Å². The molecule has 0 saturated carbocycles. The molecule has 3 heterocycles. The Morgan fingerprint density at radius 3 is 2.39 bits per heavy atom. The van der Waals surface area contributed by atoms with Crippen LogP contribution in [-0.2, 0) is 12.5 Å². The van der Waals surface area contributed by atoms with E-state index in [2.05, 4.69) is 81.1 Å². The van der Waals surface area contributed by atoms with Gasteiger partial charge in [0.1, 0.15) is 12.9 Å². The maximum Gasteiger partial charge on any atom is 0.224 e. The van der Waals surface area contributed by atoms with Gasteiger partial charge in [0.2, 0.25) is 5.52 Å². The van der Waals surface area contributed by atoms with Crippen molar-refractivity contribution >= 4 is 49.0 Å². The van der Waals surface area contributed by atoms with E-state index in [1.54, 1.807) is 6.07 Å². The van der Waals surface area contributed by atoms with Gasteiger partial charge >= 0.3 is 0 Å². The van der Waals surface area contributed by atoms with Gasteiger partial charge in [0, 0.05) is 16.8 Å². The number of pyridine rings is 2. The third-order valence-corrected chi connectivity index (χ3v) is 7.08.